The first-order chi connectivity index (χ1) is 22.2. The summed E-state index contributed by atoms with van der Waals surface area (Å²) in [5.41, 5.74) is 6.62. The van der Waals surface area contributed by atoms with Crippen molar-refractivity contribution >= 4 is 94.4 Å². The molecular formula is C41H38Cl8Zr-2. The monoisotopic (exact) mass is 900 g/mol. The number of rotatable bonds is 2. The molecule has 5 aromatic rings. The van der Waals surface area contributed by atoms with Crippen molar-refractivity contribution < 1.29 is 49.0 Å². The Balaban J connectivity index is 0.000000293. The van der Waals surface area contributed by atoms with Gasteiger partial charge in [0.1, 0.15) is 0 Å². The molecule has 0 nitrogen and oxygen atoms in total. The summed E-state index contributed by atoms with van der Waals surface area (Å²) in [6.07, 6.45) is 10.0. The summed E-state index contributed by atoms with van der Waals surface area (Å²) in [4.78, 5) is 0. The van der Waals surface area contributed by atoms with Gasteiger partial charge in [0, 0.05) is 0 Å². The van der Waals surface area contributed by atoms with E-state index in [1.807, 2.05) is 60.7 Å². The Kier molecular flexibility index (Phi) is 16.9. The van der Waals surface area contributed by atoms with Crippen molar-refractivity contribution in [3.05, 3.63) is 149 Å². The fourth-order valence-corrected chi connectivity index (χ4v) is 6.69. The summed E-state index contributed by atoms with van der Waals surface area (Å²) in [7, 11) is 0. The molecule has 0 unspecified atom stereocenters. The van der Waals surface area contributed by atoms with Crippen molar-refractivity contribution in [2.45, 2.75) is 66.4 Å². The summed E-state index contributed by atoms with van der Waals surface area (Å²) in [6, 6.07) is 31.1. The van der Waals surface area contributed by atoms with E-state index in [-0.39, 0.29) is 35.6 Å². The Morgan fingerprint density at radius 3 is 1.20 bits per heavy atom. The molecule has 0 saturated carbocycles. The Morgan fingerprint density at radius 1 is 0.580 bits per heavy atom. The van der Waals surface area contributed by atoms with Gasteiger partial charge in [-0.25, -0.2) is 12.2 Å². The molecule has 0 bridgehead atoms. The van der Waals surface area contributed by atoms with Gasteiger partial charge in [-0.3, -0.25) is 6.08 Å². The first-order valence-electron chi connectivity index (χ1n) is 15.5. The van der Waals surface area contributed by atoms with Gasteiger partial charge in [-0.2, -0.15) is 6.08 Å². The first-order valence-corrected chi connectivity index (χ1v) is 19.0. The van der Waals surface area contributed by atoms with Gasteiger partial charge >= 0.3 is 175 Å². The average molecular weight is 906 g/mol. The summed E-state index contributed by atoms with van der Waals surface area (Å²) < 4.78 is -1.66. The number of hydrogen-bond acceptors (Lipinski definition) is 0. The van der Waals surface area contributed by atoms with E-state index in [2.05, 4.69) is 96.2 Å². The molecular weight excluding hydrogens is 867 g/mol. The second-order valence-electron chi connectivity index (χ2n) is 13.8. The summed E-state index contributed by atoms with van der Waals surface area (Å²) >= 11 is 36.4. The van der Waals surface area contributed by atoms with Gasteiger partial charge in [0.05, 0.1) is 0 Å². The molecule has 6 rings (SSSR count). The Hall–Kier alpha value is -0.697. The van der Waals surface area contributed by atoms with Gasteiger partial charge in [-0.1, -0.05) is 76.9 Å². The standard InChI is InChI=1S/C21H25.C15H8Cl6.C5H5.2ClH.Zr/c1-20(2,3)16-7-9-18-14(12-16)11-15-13-17(21(4,5)6)8-10-19(15)18;16-14(17,18)12-5-1-10(2-6-12)9-11-3-7-13(8-4-11)15(19,20)21;1-2-4-5-3-1;;;/h7-13H,1-6H3;1-8H;1-3H,4H2;2*1H;/q-1;;-1;;;+2/p-2. The molecule has 1 aliphatic rings. The quantitative estimate of drug-likeness (QED) is 0.124. The van der Waals surface area contributed by atoms with Crippen LogP contribution in [0.3, 0.4) is 0 Å². The molecule has 0 heterocycles. The van der Waals surface area contributed by atoms with Gasteiger partial charge in [0.25, 0.3) is 0 Å². The average Bonchev–Trinajstić information content (AvgIpc) is 3.71. The number of hydrogen-bond donors (Lipinski definition) is 0. The topological polar surface area (TPSA) is 0 Å². The van der Waals surface area contributed by atoms with Gasteiger partial charge in [-0.05, 0) is 10.8 Å². The van der Waals surface area contributed by atoms with E-state index in [0.717, 1.165) is 17.5 Å². The zero-order valence-corrected chi connectivity index (χ0v) is 37.1. The van der Waals surface area contributed by atoms with Gasteiger partial charge < -0.3 is 24.8 Å². The maximum Gasteiger partial charge on any atom is -0.109 e. The predicted molar refractivity (Wildman–Crippen MR) is 211 cm³/mol. The van der Waals surface area contributed by atoms with Crippen LogP contribution in [0, 0.1) is 6.08 Å². The number of alkyl halides is 6. The molecule has 0 aliphatic heterocycles. The summed E-state index contributed by atoms with van der Waals surface area (Å²) in [5, 5.41) is 5.48. The molecule has 0 amide bonds. The SMILES string of the molecule is CC(C)(C)c1ccc2c(c1)[cH-]c1cc(C(C)(C)C)ccc12.ClC(Cl)(Cl)c1ccc([C](=[Zr+2])c2ccc(C(Cl)(Cl)Cl)cc2)cc1.[C-]1=CC=CC1.[Cl-].[Cl-]. The Morgan fingerprint density at radius 2 is 0.940 bits per heavy atom. The van der Waals surface area contributed by atoms with Crippen LogP contribution in [-0.2, 0) is 42.7 Å². The van der Waals surface area contributed by atoms with Crippen LogP contribution in [0.1, 0.15) is 81.3 Å². The first kappa shape index (κ1) is 45.5. The van der Waals surface area contributed by atoms with Crippen molar-refractivity contribution in [1.29, 1.82) is 0 Å². The molecule has 0 atom stereocenters. The van der Waals surface area contributed by atoms with E-state index < -0.39 is 7.59 Å². The molecule has 0 radical (unpaired) electrons. The van der Waals surface area contributed by atoms with E-state index in [4.69, 9.17) is 69.6 Å². The van der Waals surface area contributed by atoms with Crippen LogP contribution in [0.2, 0.25) is 0 Å². The summed E-state index contributed by atoms with van der Waals surface area (Å²) in [6.45, 7) is 13.6. The van der Waals surface area contributed by atoms with Crippen LogP contribution < -0.4 is 24.8 Å². The third kappa shape index (κ3) is 12.4. The van der Waals surface area contributed by atoms with E-state index in [9.17, 15) is 0 Å². The van der Waals surface area contributed by atoms with E-state index in [1.54, 1.807) is 0 Å². The minimum atomic E-state index is -1.41. The van der Waals surface area contributed by atoms with E-state index in [0.29, 0.717) is 11.1 Å². The molecule has 5 aromatic carbocycles. The fourth-order valence-electron chi connectivity index (χ4n) is 5.11. The number of halogens is 8. The third-order valence-electron chi connectivity index (χ3n) is 8.02. The molecule has 0 spiro atoms. The van der Waals surface area contributed by atoms with Crippen LogP contribution in [0.25, 0.3) is 21.5 Å². The smallest absolute Gasteiger partial charge is 0.109 e. The summed E-state index contributed by atoms with van der Waals surface area (Å²) in [5.74, 6) is 0. The van der Waals surface area contributed by atoms with Gasteiger partial charge in [0.15, 0.2) is 0 Å². The van der Waals surface area contributed by atoms with E-state index >= 15 is 0 Å². The van der Waals surface area contributed by atoms with Crippen LogP contribution >= 0.6 is 69.6 Å². The van der Waals surface area contributed by atoms with Gasteiger partial charge in [0.2, 0.25) is 0 Å². The van der Waals surface area contributed by atoms with Crippen LogP contribution in [0.15, 0.2) is 109 Å². The fraction of sp³-hybridized carbons (Fsp3) is 0.268. The maximum absolute atomic E-state index is 5.86. The van der Waals surface area contributed by atoms with Crippen molar-refractivity contribution in [3.8, 4) is 0 Å². The maximum atomic E-state index is 5.86. The zero-order chi connectivity index (χ0) is 35.5. The number of allylic oxidation sites excluding steroid dienone is 4. The third-order valence-corrected chi connectivity index (χ3v) is 10.8. The van der Waals surface area contributed by atoms with Gasteiger partial charge in [-0.15, -0.1) is 46.2 Å². The molecule has 50 heavy (non-hydrogen) atoms. The molecule has 1 aliphatic carbocycles. The van der Waals surface area contributed by atoms with Crippen LogP contribution in [0.4, 0.5) is 0 Å². The molecule has 264 valence electrons. The second kappa shape index (κ2) is 18.6. The minimum Gasteiger partial charge on any atom is -1.00 e. The Bertz CT molecular complexity index is 1790. The predicted octanol–water partition coefficient (Wildman–Crippen LogP) is 8.08. The molecule has 0 N–H and O–H groups in total. The molecule has 0 aromatic heterocycles. The normalized spacial score (nSPS) is 12.8. The molecule has 9 heteroatoms. The van der Waals surface area contributed by atoms with Crippen molar-refractivity contribution in [2.24, 2.45) is 0 Å². The number of benzene rings is 4. The second-order valence-corrected chi connectivity index (χ2v) is 19.6. The largest absolute Gasteiger partial charge is 1.00 e. The minimum absolute atomic E-state index is 0. The van der Waals surface area contributed by atoms with Crippen molar-refractivity contribution in [2.75, 3.05) is 0 Å². The Labute approximate surface area is 355 Å². The van der Waals surface area contributed by atoms with Crippen molar-refractivity contribution in [3.63, 3.8) is 0 Å². The number of fused-ring (bicyclic) bond motifs is 3. The molecule has 0 saturated heterocycles. The zero-order valence-electron chi connectivity index (χ0n) is 28.6. The van der Waals surface area contributed by atoms with Crippen LogP contribution in [0.5, 0.6) is 0 Å². The molecule has 0 fully saturated rings. The van der Waals surface area contributed by atoms with E-state index in [1.165, 1.54) is 60.1 Å². The van der Waals surface area contributed by atoms with Crippen molar-refractivity contribution in [1.82, 2.24) is 0 Å². The van der Waals surface area contributed by atoms with Crippen LogP contribution in [-0.4, -0.2) is 3.21 Å².